The minimum absolute atomic E-state index is 0.260. The normalized spacial score (nSPS) is 11.9. The third-order valence-electron chi connectivity index (χ3n) is 3.81. The number of hydrogen-bond donors (Lipinski definition) is 0. The summed E-state index contributed by atoms with van der Waals surface area (Å²) in [7, 11) is -1.63. The summed E-state index contributed by atoms with van der Waals surface area (Å²) >= 11 is 3.39. The van der Waals surface area contributed by atoms with E-state index in [2.05, 4.69) is 66.6 Å². The molecule has 1 rings (SSSR count). The highest BCUT2D eigenvalue weighted by molar-refractivity contribution is 9.10. The number of pyridine rings is 1. The van der Waals surface area contributed by atoms with Crippen LogP contribution in [-0.2, 0) is 9.16 Å². The Morgan fingerprint density at radius 1 is 1.27 bits per heavy atom. The van der Waals surface area contributed by atoms with E-state index < -0.39 is 8.32 Å². The average Bonchev–Trinajstić information content (AvgIpc) is 2.40. The van der Waals surface area contributed by atoms with Gasteiger partial charge in [-0.2, -0.15) is 0 Å². The zero-order valence-electron chi connectivity index (χ0n) is 14.2. The van der Waals surface area contributed by atoms with Crippen LogP contribution in [0.15, 0.2) is 22.8 Å². The van der Waals surface area contributed by atoms with Crippen molar-refractivity contribution in [1.29, 1.82) is 0 Å². The quantitative estimate of drug-likeness (QED) is 0.407. The molecule has 1 aromatic rings. The Labute approximate surface area is 144 Å². The van der Waals surface area contributed by atoms with Crippen LogP contribution in [0.5, 0.6) is 0 Å². The molecule has 0 bridgehead atoms. The van der Waals surface area contributed by atoms with Gasteiger partial charge in [-0.15, -0.1) is 0 Å². The third-order valence-corrected chi connectivity index (χ3v) is 8.85. The van der Waals surface area contributed by atoms with Gasteiger partial charge in [-0.05, 0) is 42.6 Å². The molecule has 0 fully saturated rings. The maximum absolute atomic E-state index is 6.09. The van der Waals surface area contributed by atoms with Gasteiger partial charge in [-0.3, -0.25) is 0 Å². The van der Waals surface area contributed by atoms with E-state index in [1.807, 2.05) is 12.1 Å². The number of aromatic nitrogens is 1. The van der Waals surface area contributed by atoms with Crippen LogP contribution in [0.2, 0.25) is 18.1 Å². The van der Waals surface area contributed by atoms with Crippen molar-refractivity contribution in [3.63, 3.8) is 0 Å². The first kappa shape index (κ1) is 19.4. The molecule has 0 N–H and O–H groups in total. The Morgan fingerprint density at radius 2 is 2.00 bits per heavy atom. The van der Waals surface area contributed by atoms with Crippen molar-refractivity contribution in [2.45, 2.75) is 45.3 Å². The smallest absolute Gasteiger partial charge is 0.191 e. The standard InChI is InChI=1S/C17H26BrNO2Si/c1-17(2,3)22(4,5)21-13-7-12-20-11-6-8-16-14-15(18)9-10-19-16/h9-10,14H,7,11-13H2,1-5H3. The number of nitrogens with zero attached hydrogens (tertiary/aromatic N) is 1. The lowest BCUT2D eigenvalue weighted by Crippen LogP contribution is -2.41. The molecule has 0 radical (unpaired) electrons. The topological polar surface area (TPSA) is 31.4 Å². The maximum Gasteiger partial charge on any atom is 0.191 e. The van der Waals surface area contributed by atoms with E-state index in [1.54, 1.807) is 6.20 Å². The monoisotopic (exact) mass is 383 g/mol. The summed E-state index contributed by atoms with van der Waals surface area (Å²) in [5, 5.41) is 0.260. The van der Waals surface area contributed by atoms with Crippen LogP contribution in [0, 0.1) is 11.8 Å². The fraction of sp³-hybridized carbons (Fsp3) is 0.588. The molecular weight excluding hydrogens is 358 g/mol. The Hall–Kier alpha value is -0.673. The lowest BCUT2D eigenvalue weighted by atomic mass is 10.2. The first-order chi connectivity index (χ1) is 10.2. The van der Waals surface area contributed by atoms with E-state index in [9.17, 15) is 0 Å². The first-order valence-electron chi connectivity index (χ1n) is 7.54. The third kappa shape index (κ3) is 7.06. The van der Waals surface area contributed by atoms with E-state index in [1.165, 1.54) is 0 Å². The van der Waals surface area contributed by atoms with Crippen molar-refractivity contribution in [3.8, 4) is 11.8 Å². The van der Waals surface area contributed by atoms with Crippen LogP contribution in [0.3, 0.4) is 0 Å². The van der Waals surface area contributed by atoms with Gasteiger partial charge in [-0.1, -0.05) is 42.6 Å². The second-order valence-electron chi connectivity index (χ2n) is 6.68. The summed E-state index contributed by atoms with van der Waals surface area (Å²) in [5.74, 6) is 5.95. The largest absolute Gasteiger partial charge is 0.417 e. The molecule has 3 nitrogen and oxygen atoms in total. The fourth-order valence-electron chi connectivity index (χ4n) is 1.43. The van der Waals surface area contributed by atoms with Crippen molar-refractivity contribution >= 4 is 24.2 Å². The second-order valence-corrected chi connectivity index (χ2v) is 12.4. The van der Waals surface area contributed by atoms with Crippen LogP contribution >= 0.6 is 15.9 Å². The average molecular weight is 384 g/mol. The van der Waals surface area contributed by atoms with E-state index in [4.69, 9.17) is 9.16 Å². The van der Waals surface area contributed by atoms with E-state index in [0.717, 1.165) is 23.2 Å². The van der Waals surface area contributed by atoms with Gasteiger partial charge >= 0.3 is 0 Å². The van der Waals surface area contributed by atoms with Crippen molar-refractivity contribution in [2.24, 2.45) is 0 Å². The molecule has 0 aromatic carbocycles. The van der Waals surface area contributed by atoms with Crippen molar-refractivity contribution in [3.05, 3.63) is 28.5 Å². The predicted molar refractivity (Wildman–Crippen MR) is 97.4 cm³/mol. The van der Waals surface area contributed by atoms with Gasteiger partial charge in [0.2, 0.25) is 0 Å². The molecule has 0 amide bonds. The molecule has 0 atom stereocenters. The van der Waals surface area contributed by atoms with Crippen LogP contribution < -0.4 is 0 Å². The van der Waals surface area contributed by atoms with Crippen LogP contribution in [-0.4, -0.2) is 33.1 Å². The molecule has 5 heteroatoms. The molecule has 0 unspecified atom stereocenters. The highest BCUT2D eigenvalue weighted by atomic mass is 79.9. The van der Waals surface area contributed by atoms with Gasteiger partial charge < -0.3 is 9.16 Å². The first-order valence-corrected chi connectivity index (χ1v) is 11.2. The van der Waals surface area contributed by atoms with Crippen LogP contribution in [0.1, 0.15) is 32.9 Å². The molecule has 1 aromatic heterocycles. The van der Waals surface area contributed by atoms with E-state index in [-0.39, 0.29) is 5.04 Å². The summed E-state index contributed by atoms with van der Waals surface area (Å²) in [6.07, 6.45) is 2.64. The lowest BCUT2D eigenvalue weighted by Gasteiger charge is -2.36. The van der Waals surface area contributed by atoms with Crippen molar-refractivity contribution in [1.82, 2.24) is 4.98 Å². The molecule has 0 spiro atoms. The molecule has 0 aliphatic carbocycles. The highest BCUT2D eigenvalue weighted by Gasteiger charge is 2.36. The lowest BCUT2D eigenvalue weighted by molar-refractivity contribution is 0.144. The second kappa shape index (κ2) is 8.83. The summed E-state index contributed by atoms with van der Waals surface area (Å²) < 4.78 is 12.6. The molecule has 0 saturated heterocycles. The summed E-state index contributed by atoms with van der Waals surface area (Å²) in [6.45, 7) is 13.2. The molecule has 22 heavy (non-hydrogen) atoms. The van der Waals surface area contributed by atoms with Gasteiger partial charge in [0.15, 0.2) is 8.32 Å². The van der Waals surface area contributed by atoms with Crippen molar-refractivity contribution < 1.29 is 9.16 Å². The molecule has 1 heterocycles. The van der Waals surface area contributed by atoms with Gasteiger partial charge in [0.1, 0.15) is 12.3 Å². The van der Waals surface area contributed by atoms with Crippen molar-refractivity contribution in [2.75, 3.05) is 19.8 Å². The SMILES string of the molecule is CC(C)(C)[Si](C)(C)OCCCOCC#Cc1cc(Br)ccn1. The minimum atomic E-state index is -1.63. The van der Waals surface area contributed by atoms with E-state index in [0.29, 0.717) is 13.2 Å². The summed E-state index contributed by atoms with van der Waals surface area (Å²) in [5.41, 5.74) is 0.749. The molecule has 0 aliphatic heterocycles. The minimum Gasteiger partial charge on any atom is -0.417 e. The Morgan fingerprint density at radius 3 is 2.64 bits per heavy atom. The summed E-state index contributed by atoms with van der Waals surface area (Å²) in [4.78, 5) is 4.16. The zero-order chi connectivity index (χ0) is 16.6. The number of hydrogen-bond acceptors (Lipinski definition) is 3. The molecule has 0 aliphatic rings. The maximum atomic E-state index is 6.09. The zero-order valence-corrected chi connectivity index (χ0v) is 16.8. The van der Waals surface area contributed by atoms with Gasteiger partial charge in [0.05, 0.1) is 6.61 Å². The fourth-order valence-corrected chi connectivity index (χ4v) is 2.85. The number of rotatable bonds is 6. The number of halogens is 1. The van der Waals surface area contributed by atoms with Gasteiger partial charge in [-0.25, -0.2) is 4.98 Å². The van der Waals surface area contributed by atoms with E-state index >= 15 is 0 Å². The summed E-state index contributed by atoms with van der Waals surface area (Å²) in [6, 6.07) is 3.77. The van der Waals surface area contributed by atoms with Gasteiger partial charge in [0.25, 0.3) is 0 Å². The number of ether oxygens (including phenoxy) is 1. The predicted octanol–water partition coefficient (Wildman–Crippen LogP) is 4.62. The highest BCUT2D eigenvalue weighted by Crippen LogP contribution is 2.36. The van der Waals surface area contributed by atoms with Crippen LogP contribution in [0.4, 0.5) is 0 Å². The Balaban J connectivity index is 2.17. The Bertz CT molecular complexity index is 529. The van der Waals surface area contributed by atoms with Crippen LogP contribution in [0.25, 0.3) is 0 Å². The molecule has 0 saturated carbocycles. The Kier molecular flexibility index (Phi) is 7.77. The molecular formula is C17H26BrNO2Si. The molecule has 122 valence electrons. The van der Waals surface area contributed by atoms with Gasteiger partial charge in [0, 0.05) is 17.3 Å².